The molecule has 1 saturated heterocycles. The zero-order valence-corrected chi connectivity index (χ0v) is 20.5. The Morgan fingerprint density at radius 1 is 1.14 bits per heavy atom. The first kappa shape index (κ1) is 24.8. The molecule has 5 rings (SSSR count). The van der Waals surface area contributed by atoms with Crippen molar-refractivity contribution in [2.75, 3.05) is 43.4 Å². The highest BCUT2D eigenvalue weighted by molar-refractivity contribution is 5.94. The van der Waals surface area contributed by atoms with E-state index in [2.05, 4.69) is 34.9 Å². The van der Waals surface area contributed by atoms with Gasteiger partial charge in [-0.1, -0.05) is 0 Å². The Bertz CT molecular complexity index is 1340. The summed E-state index contributed by atoms with van der Waals surface area (Å²) in [6.45, 7) is 3.32. The fourth-order valence-electron chi connectivity index (χ4n) is 4.86. The Labute approximate surface area is 211 Å². The van der Waals surface area contributed by atoms with Gasteiger partial charge in [-0.3, -0.25) is 9.48 Å². The topological polar surface area (TPSA) is 114 Å². The number of primary amides is 1. The SMILES string of the molecule is CN1CCCN(c2ccc(OC(F)(F)F)c(Nc3ncc4c(n3)-c3c(c(C(N)=O)nn3C)CC4)c2)CC1. The number of hydrogen-bond acceptors (Lipinski definition) is 8. The van der Waals surface area contributed by atoms with Crippen LogP contribution in [0.4, 0.5) is 30.5 Å². The van der Waals surface area contributed by atoms with Gasteiger partial charge in [-0.25, -0.2) is 9.97 Å². The number of nitrogens with zero attached hydrogens (tertiary/aromatic N) is 6. The lowest BCUT2D eigenvalue weighted by atomic mass is 9.93. The molecule has 1 fully saturated rings. The molecular formula is C24H27F3N8O2. The molecule has 37 heavy (non-hydrogen) atoms. The molecule has 2 aromatic heterocycles. The van der Waals surface area contributed by atoms with E-state index in [-0.39, 0.29) is 23.1 Å². The molecule has 3 aromatic rings. The third-order valence-corrected chi connectivity index (χ3v) is 6.63. The number of nitrogens with two attached hydrogens (primary N) is 1. The molecule has 1 amide bonds. The van der Waals surface area contributed by atoms with Gasteiger partial charge in [0, 0.05) is 44.1 Å². The Hall–Kier alpha value is -3.87. The smallest absolute Gasteiger partial charge is 0.404 e. The summed E-state index contributed by atoms with van der Waals surface area (Å²) < 4.78 is 45.3. The Morgan fingerprint density at radius 2 is 1.95 bits per heavy atom. The van der Waals surface area contributed by atoms with Crippen molar-refractivity contribution >= 4 is 23.2 Å². The third kappa shape index (κ3) is 5.17. The summed E-state index contributed by atoms with van der Waals surface area (Å²) in [6, 6.07) is 4.55. The summed E-state index contributed by atoms with van der Waals surface area (Å²) in [5.41, 5.74) is 9.25. The molecule has 2 aliphatic rings. The number of aromatic nitrogens is 4. The average Bonchev–Trinajstić information content (AvgIpc) is 3.03. The van der Waals surface area contributed by atoms with E-state index in [0.29, 0.717) is 29.8 Å². The molecule has 0 radical (unpaired) electrons. The number of amides is 1. The highest BCUT2D eigenvalue weighted by Crippen LogP contribution is 2.37. The summed E-state index contributed by atoms with van der Waals surface area (Å²) in [5.74, 6) is -0.923. The number of halogens is 3. The summed E-state index contributed by atoms with van der Waals surface area (Å²) in [4.78, 5) is 25.1. The molecule has 0 spiro atoms. The van der Waals surface area contributed by atoms with Gasteiger partial charge in [-0.2, -0.15) is 5.10 Å². The number of aryl methyl sites for hydroxylation is 2. The van der Waals surface area contributed by atoms with E-state index in [1.54, 1.807) is 30.1 Å². The van der Waals surface area contributed by atoms with E-state index >= 15 is 0 Å². The van der Waals surface area contributed by atoms with Crippen molar-refractivity contribution in [3.63, 3.8) is 0 Å². The monoisotopic (exact) mass is 516 g/mol. The molecule has 1 aromatic carbocycles. The third-order valence-electron chi connectivity index (χ3n) is 6.63. The fourth-order valence-corrected chi connectivity index (χ4v) is 4.86. The molecule has 0 atom stereocenters. The highest BCUT2D eigenvalue weighted by atomic mass is 19.4. The van der Waals surface area contributed by atoms with Crippen LogP contribution in [0.25, 0.3) is 11.4 Å². The number of benzene rings is 1. The maximum absolute atomic E-state index is 13.2. The van der Waals surface area contributed by atoms with Gasteiger partial charge in [-0.15, -0.1) is 13.2 Å². The summed E-state index contributed by atoms with van der Waals surface area (Å²) in [6.07, 6.45) is -1.16. The molecule has 10 nitrogen and oxygen atoms in total. The highest BCUT2D eigenvalue weighted by Gasteiger charge is 2.33. The summed E-state index contributed by atoms with van der Waals surface area (Å²) in [5, 5.41) is 7.17. The van der Waals surface area contributed by atoms with Crippen LogP contribution in [0.1, 0.15) is 28.0 Å². The molecule has 0 bridgehead atoms. The van der Waals surface area contributed by atoms with Crippen molar-refractivity contribution in [2.45, 2.75) is 25.6 Å². The van der Waals surface area contributed by atoms with Crippen molar-refractivity contribution in [3.05, 3.63) is 41.2 Å². The Morgan fingerprint density at radius 3 is 2.70 bits per heavy atom. The number of anilines is 3. The van der Waals surface area contributed by atoms with Crippen LogP contribution in [0.15, 0.2) is 24.4 Å². The second kappa shape index (κ2) is 9.54. The van der Waals surface area contributed by atoms with Crippen molar-refractivity contribution in [3.8, 4) is 17.1 Å². The summed E-state index contributed by atoms with van der Waals surface area (Å²) >= 11 is 0. The van der Waals surface area contributed by atoms with Crippen LogP contribution >= 0.6 is 0 Å². The molecule has 1 aliphatic heterocycles. The lowest BCUT2D eigenvalue weighted by molar-refractivity contribution is -0.274. The van der Waals surface area contributed by atoms with Gasteiger partial charge in [0.2, 0.25) is 5.95 Å². The minimum atomic E-state index is -4.87. The standard InChI is InChI=1S/C24H27F3N8O2/c1-33-8-3-9-35(11-10-33)15-5-7-18(37-24(25,26)27)17(12-15)30-23-29-13-14-4-6-16-20(22(28)36)32-34(2)21(16)19(14)31-23/h5,7,12-13H,3-4,6,8-11H2,1-2H3,(H2,28,36)(H,29,30,31). The number of hydrogen-bond donors (Lipinski definition) is 2. The molecule has 13 heteroatoms. The van der Waals surface area contributed by atoms with Crippen molar-refractivity contribution in [1.82, 2.24) is 24.6 Å². The van der Waals surface area contributed by atoms with Crippen LogP contribution in [0.3, 0.4) is 0 Å². The number of ether oxygens (including phenoxy) is 1. The predicted molar refractivity (Wildman–Crippen MR) is 131 cm³/mol. The van der Waals surface area contributed by atoms with E-state index in [4.69, 9.17) is 5.73 Å². The van der Waals surface area contributed by atoms with E-state index in [1.807, 2.05) is 7.05 Å². The Balaban J connectivity index is 1.51. The van der Waals surface area contributed by atoms with Gasteiger partial charge in [0.25, 0.3) is 5.91 Å². The van der Waals surface area contributed by atoms with E-state index in [0.717, 1.165) is 43.9 Å². The number of carbonyl (C=O) groups is 1. The van der Waals surface area contributed by atoms with Crippen molar-refractivity contribution < 1.29 is 22.7 Å². The number of likely N-dealkylation sites (N-methyl/N-ethyl adjacent to an activating group) is 1. The molecule has 1 aliphatic carbocycles. The zero-order chi connectivity index (χ0) is 26.3. The first-order chi connectivity index (χ1) is 17.6. The average molecular weight is 517 g/mol. The first-order valence-corrected chi connectivity index (χ1v) is 11.9. The predicted octanol–water partition coefficient (Wildman–Crippen LogP) is 2.86. The van der Waals surface area contributed by atoms with Gasteiger partial charge in [0.15, 0.2) is 11.4 Å². The van der Waals surface area contributed by atoms with Gasteiger partial charge in [0.1, 0.15) is 0 Å². The maximum atomic E-state index is 13.2. The summed E-state index contributed by atoms with van der Waals surface area (Å²) in [7, 11) is 3.73. The minimum Gasteiger partial charge on any atom is -0.404 e. The quantitative estimate of drug-likeness (QED) is 0.532. The first-order valence-electron chi connectivity index (χ1n) is 11.9. The van der Waals surface area contributed by atoms with Crippen LogP contribution in [-0.2, 0) is 19.9 Å². The molecular weight excluding hydrogens is 489 g/mol. The largest absolute Gasteiger partial charge is 0.573 e. The fraction of sp³-hybridized carbons (Fsp3) is 0.417. The zero-order valence-electron chi connectivity index (χ0n) is 20.5. The second-order valence-corrected chi connectivity index (χ2v) is 9.23. The van der Waals surface area contributed by atoms with E-state index in [9.17, 15) is 18.0 Å². The van der Waals surface area contributed by atoms with Gasteiger partial charge in [0.05, 0.1) is 17.1 Å². The van der Waals surface area contributed by atoms with Crippen LogP contribution < -0.4 is 20.7 Å². The van der Waals surface area contributed by atoms with E-state index < -0.39 is 12.3 Å². The van der Waals surface area contributed by atoms with Gasteiger partial charge < -0.3 is 25.6 Å². The van der Waals surface area contributed by atoms with Crippen LogP contribution in [0.2, 0.25) is 0 Å². The Kier molecular flexibility index (Phi) is 6.40. The molecule has 196 valence electrons. The number of fused-ring (bicyclic) bond motifs is 3. The van der Waals surface area contributed by atoms with E-state index in [1.165, 1.54) is 6.07 Å². The minimum absolute atomic E-state index is 0.0891. The van der Waals surface area contributed by atoms with Gasteiger partial charge in [-0.05, 0) is 56.6 Å². The molecule has 0 unspecified atom stereocenters. The number of alkyl halides is 3. The maximum Gasteiger partial charge on any atom is 0.573 e. The molecule has 0 saturated carbocycles. The number of nitrogens with one attached hydrogen (secondary N) is 1. The normalized spacial score (nSPS) is 16.1. The lowest BCUT2D eigenvalue weighted by Gasteiger charge is -2.24. The van der Waals surface area contributed by atoms with Crippen molar-refractivity contribution in [2.24, 2.45) is 12.8 Å². The van der Waals surface area contributed by atoms with Crippen molar-refractivity contribution in [1.29, 1.82) is 0 Å². The van der Waals surface area contributed by atoms with Gasteiger partial charge >= 0.3 is 6.36 Å². The lowest BCUT2D eigenvalue weighted by Crippen LogP contribution is -2.28. The number of rotatable bonds is 5. The second-order valence-electron chi connectivity index (χ2n) is 9.23. The van der Waals surface area contributed by atoms with Crippen LogP contribution in [0.5, 0.6) is 5.75 Å². The molecule has 3 N–H and O–H groups in total. The number of carbonyl (C=O) groups excluding carboxylic acids is 1. The molecule has 3 heterocycles. The van der Waals surface area contributed by atoms with Crippen LogP contribution in [-0.4, -0.2) is 70.1 Å². The van der Waals surface area contributed by atoms with Crippen LogP contribution in [0, 0.1) is 0 Å².